The smallest absolute Gasteiger partial charge is 0.124 e. The standard InChI is InChI=1S/C14H13BrN2OS/c15-10-5-3-7-17-14(10)19-12-8-18-11-6-2-1-4-9(11)13(12)16/h1-7,12-13H,8,16H2. The van der Waals surface area contributed by atoms with Gasteiger partial charge in [0.25, 0.3) is 0 Å². The van der Waals surface area contributed by atoms with Crippen LogP contribution in [0, 0.1) is 0 Å². The molecule has 0 saturated heterocycles. The zero-order chi connectivity index (χ0) is 13.2. The van der Waals surface area contributed by atoms with E-state index in [9.17, 15) is 0 Å². The Balaban J connectivity index is 1.83. The van der Waals surface area contributed by atoms with Crippen molar-refractivity contribution >= 4 is 27.7 Å². The topological polar surface area (TPSA) is 48.1 Å². The third kappa shape index (κ3) is 2.63. The van der Waals surface area contributed by atoms with Gasteiger partial charge in [0, 0.05) is 22.3 Å². The monoisotopic (exact) mass is 336 g/mol. The summed E-state index contributed by atoms with van der Waals surface area (Å²) in [6, 6.07) is 11.8. The molecule has 19 heavy (non-hydrogen) atoms. The molecule has 3 rings (SSSR count). The fourth-order valence-electron chi connectivity index (χ4n) is 2.07. The van der Waals surface area contributed by atoms with Crippen molar-refractivity contribution in [3.05, 3.63) is 52.6 Å². The molecule has 1 aliphatic heterocycles. The Hall–Kier alpha value is -1.04. The van der Waals surface area contributed by atoms with E-state index in [-0.39, 0.29) is 11.3 Å². The van der Waals surface area contributed by atoms with Gasteiger partial charge in [-0.3, -0.25) is 0 Å². The molecule has 0 radical (unpaired) electrons. The second-order valence-corrected chi connectivity index (χ2v) is 6.40. The number of hydrogen-bond acceptors (Lipinski definition) is 4. The number of ether oxygens (including phenoxy) is 1. The van der Waals surface area contributed by atoms with Crippen LogP contribution < -0.4 is 10.5 Å². The molecule has 3 nitrogen and oxygen atoms in total. The van der Waals surface area contributed by atoms with E-state index >= 15 is 0 Å². The SMILES string of the molecule is NC1c2ccccc2OCC1Sc1ncccc1Br. The zero-order valence-electron chi connectivity index (χ0n) is 10.1. The molecule has 0 bridgehead atoms. The summed E-state index contributed by atoms with van der Waals surface area (Å²) in [6.45, 7) is 0.603. The van der Waals surface area contributed by atoms with Gasteiger partial charge in [-0.1, -0.05) is 30.0 Å². The number of fused-ring (bicyclic) bond motifs is 1. The van der Waals surface area contributed by atoms with Gasteiger partial charge in [0.2, 0.25) is 0 Å². The van der Waals surface area contributed by atoms with E-state index < -0.39 is 0 Å². The lowest BCUT2D eigenvalue weighted by Crippen LogP contribution is -2.33. The fourth-order valence-corrected chi connectivity index (χ4v) is 3.63. The van der Waals surface area contributed by atoms with Crippen LogP contribution in [0.15, 0.2) is 52.1 Å². The van der Waals surface area contributed by atoms with Crippen molar-refractivity contribution in [3.63, 3.8) is 0 Å². The first-order valence-electron chi connectivity index (χ1n) is 6.00. The quantitative estimate of drug-likeness (QED) is 0.913. The van der Waals surface area contributed by atoms with Gasteiger partial charge in [0.1, 0.15) is 17.4 Å². The van der Waals surface area contributed by atoms with Gasteiger partial charge in [-0.05, 0) is 34.1 Å². The summed E-state index contributed by atoms with van der Waals surface area (Å²) in [7, 11) is 0. The van der Waals surface area contributed by atoms with Gasteiger partial charge in [0.05, 0.1) is 5.25 Å². The Kier molecular flexibility index (Phi) is 3.77. The van der Waals surface area contributed by atoms with Crippen LogP contribution in [0.2, 0.25) is 0 Å². The van der Waals surface area contributed by atoms with E-state index in [1.54, 1.807) is 18.0 Å². The largest absolute Gasteiger partial charge is 0.492 e. The number of pyridine rings is 1. The highest BCUT2D eigenvalue weighted by Crippen LogP contribution is 2.39. The number of para-hydroxylation sites is 1. The number of hydrogen-bond donors (Lipinski definition) is 1. The third-order valence-corrected chi connectivity index (χ3v) is 5.25. The lowest BCUT2D eigenvalue weighted by molar-refractivity contribution is 0.276. The molecule has 2 N–H and O–H groups in total. The number of nitrogens with two attached hydrogens (primary N) is 1. The maximum Gasteiger partial charge on any atom is 0.124 e. The summed E-state index contributed by atoms with van der Waals surface area (Å²) in [6.07, 6.45) is 1.79. The summed E-state index contributed by atoms with van der Waals surface area (Å²) >= 11 is 5.16. The zero-order valence-corrected chi connectivity index (χ0v) is 12.5. The van der Waals surface area contributed by atoms with Crippen molar-refractivity contribution < 1.29 is 4.74 Å². The molecule has 0 amide bonds. The van der Waals surface area contributed by atoms with Crippen molar-refractivity contribution in [2.45, 2.75) is 16.3 Å². The Morgan fingerprint density at radius 1 is 1.26 bits per heavy atom. The predicted octanol–water partition coefficient (Wildman–Crippen LogP) is 3.40. The average Bonchev–Trinajstić information content (AvgIpc) is 2.44. The van der Waals surface area contributed by atoms with Crippen LogP contribution >= 0.6 is 27.7 Å². The average molecular weight is 337 g/mol. The second kappa shape index (κ2) is 5.53. The van der Waals surface area contributed by atoms with Crippen molar-refractivity contribution in [2.75, 3.05) is 6.61 Å². The highest BCUT2D eigenvalue weighted by Gasteiger charge is 2.29. The fraction of sp³-hybridized carbons (Fsp3) is 0.214. The predicted molar refractivity (Wildman–Crippen MR) is 80.4 cm³/mol. The van der Waals surface area contributed by atoms with Gasteiger partial charge in [0.15, 0.2) is 0 Å². The number of thioether (sulfide) groups is 1. The van der Waals surface area contributed by atoms with Gasteiger partial charge in [-0.2, -0.15) is 0 Å². The van der Waals surface area contributed by atoms with Crippen molar-refractivity contribution in [1.82, 2.24) is 4.98 Å². The van der Waals surface area contributed by atoms with E-state index in [4.69, 9.17) is 10.5 Å². The minimum absolute atomic E-state index is 0.0381. The molecule has 0 fully saturated rings. The van der Waals surface area contributed by atoms with Crippen LogP contribution in [0.5, 0.6) is 5.75 Å². The maximum atomic E-state index is 6.34. The minimum Gasteiger partial charge on any atom is -0.492 e. The highest BCUT2D eigenvalue weighted by atomic mass is 79.9. The van der Waals surface area contributed by atoms with Gasteiger partial charge < -0.3 is 10.5 Å². The Bertz CT molecular complexity index is 593. The molecule has 5 heteroatoms. The Labute approximate surface area is 124 Å². The second-order valence-electron chi connectivity index (χ2n) is 4.32. The summed E-state index contributed by atoms with van der Waals surface area (Å²) in [5.41, 5.74) is 7.41. The normalized spacial score (nSPS) is 21.6. The lowest BCUT2D eigenvalue weighted by Gasteiger charge is -2.30. The van der Waals surface area contributed by atoms with E-state index in [1.165, 1.54) is 0 Å². The van der Waals surface area contributed by atoms with E-state index in [1.807, 2.05) is 36.4 Å². The number of rotatable bonds is 2. The molecule has 1 aromatic carbocycles. The molecule has 0 spiro atoms. The molecule has 2 atom stereocenters. The molecule has 1 aromatic heterocycles. The molecule has 0 saturated carbocycles. The first-order chi connectivity index (χ1) is 9.25. The number of nitrogens with zero attached hydrogens (tertiary/aromatic N) is 1. The van der Waals surface area contributed by atoms with E-state index in [0.717, 1.165) is 20.8 Å². The molecule has 2 heterocycles. The maximum absolute atomic E-state index is 6.34. The molecule has 1 aliphatic rings. The van der Waals surface area contributed by atoms with Crippen LogP contribution in [0.4, 0.5) is 0 Å². The number of benzene rings is 1. The van der Waals surface area contributed by atoms with Crippen LogP contribution in [0.1, 0.15) is 11.6 Å². The van der Waals surface area contributed by atoms with Gasteiger partial charge >= 0.3 is 0 Å². The molecular weight excluding hydrogens is 324 g/mol. The molecular formula is C14H13BrN2OS. The number of aromatic nitrogens is 1. The Morgan fingerprint density at radius 2 is 2.11 bits per heavy atom. The third-order valence-electron chi connectivity index (χ3n) is 3.07. The van der Waals surface area contributed by atoms with Crippen molar-refractivity contribution in [3.8, 4) is 5.75 Å². The molecule has 2 aromatic rings. The van der Waals surface area contributed by atoms with Crippen molar-refractivity contribution in [1.29, 1.82) is 0 Å². The summed E-state index contributed by atoms with van der Waals surface area (Å²) < 4.78 is 6.77. The summed E-state index contributed by atoms with van der Waals surface area (Å²) in [5.74, 6) is 0.895. The highest BCUT2D eigenvalue weighted by molar-refractivity contribution is 9.10. The van der Waals surface area contributed by atoms with Gasteiger partial charge in [-0.15, -0.1) is 0 Å². The first kappa shape index (κ1) is 13.0. The van der Waals surface area contributed by atoms with Crippen LogP contribution in [-0.4, -0.2) is 16.8 Å². The molecule has 0 aliphatic carbocycles. The Morgan fingerprint density at radius 3 is 2.95 bits per heavy atom. The number of halogens is 1. The van der Waals surface area contributed by atoms with E-state index in [2.05, 4.69) is 20.9 Å². The van der Waals surface area contributed by atoms with Gasteiger partial charge in [-0.25, -0.2) is 4.98 Å². The molecule has 2 unspecified atom stereocenters. The van der Waals surface area contributed by atoms with Crippen LogP contribution in [0.3, 0.4) is 0 Å². The summed E-state index contributed by atoms with van der Waals surface area (Å²) in [5, 5.41) is 1.12. The van der Waals surface area contributed by atoms with Crippen LogP contribution in [0.25, 0.3) is 0 Å². The lowest BCUT2D eigenvalue weighted by atomic mass is 10.0. The minimum atomic E-state index is -0.0381. The van der Waals surface area contributed by atoms with Crippen LogP contribution in [-0.2, 0) is 0 Å². The van der Waals surface area contributed by atoms with E-state index in [0.29, 0.717) is 6.61 Å². The molecule has 98 valence electrons. The van der Waals surface area contributed by atoms with Crippen molar-refractivity contribution in [2.24, 2.45) is 5.73 Å². The first-order valence-corrected chi connectivity index (χ1v) is 7.67. The summed E-state index contributed by atoms with van der Waals surface area (Å²) in [4.78, 5) is 4.37.